The Bertz CT molecular complexity index is 345. The van der Waals surface area contributed by atoms with Crippen molar-refractivity contribution in [2.45, 2.75) is 40.5 Å². The molecule has 0 saturated heterocycles. The fourth-order valence-corrected chi connectivity index (χ4v) is 2.07. The molecule has 0 spiro atoms. The highest BCUT2D eigenvalue weighted by molar-refractivity contribution is 5.53. The lowest BCUT2D eigenvalue weighted by atomic mass is 9.93. The van der Waals surface area contributed by atoms with Crippen molar-refractivity contribution >= 4 is 6.08 Å². The van der Waals surface area contributed by atoms with Gasteiger partial charge in [0, 0.05) is 0 Å². The largest absolute Gasteiger partial charge is 0.0985 e. The van der Waals surface area contributed by atoms with Gasteiger partial charge in [-0.15, -0.1) is 0 Å². The van der Waals surface area contributed by atoms with Gasteiger partial charge < -0.3 is 0 Å². The zero-order valence-corrected chi connectivity index (χ0v) is 11.1. The van der Waals surface area contributed by atoms with E-state index in [0.29, 0.717) is 5.92 Å². The topological polar surface area (TPSA) is 0 Å². The summed E-state index contributed by atoms with van der Waals surface area (Å²) < 4.78 is 0. The molecule has 0 heteroatoms. The van der Waals surface area contributed by atoms with E-state index in [4.69, 9.17) is 0 Å². The molecule has 0 unspecified atom stereocenters. The third-order valence-corrected chi connectivity index (χ3v) is 2.70. The van der Waals surface area contributed by atoms with Crippen LogP contribution < -0.4 is 0 Å². The number of rotatable bonds is 5. The summed E-state index contributed by atoms with van der Waals surface area (Å²) in [7, 11) is 0. The van der Waals surface area contributed by atoms with Crippen molar-refractivity contribution in [3.8, 4) is 0 Å². The molecule has 0 aliphatic rings. The van der Waals surface area contributed by atoms with Crippen LogP contribution in [0.4, 0.5) is 0 Å². The summed E-state index contributed by atoms with van der Waals surface area (Å²) in [6.07, 6.45) is 4.28. The molecular formula is C16H24. The van der Waals surface area contributed by atoms with E-state index in [1.807, 2.05) is 6.08 Å². The summed E-state index contributed by atoms with van der Waals surface area (Å²) in [5.74, 6) is 1.43. The number of hydrogen-bond donors (Lipinski definition) is 0. The SMILES string of the molecule is C=Cc1ccc(CC(C)C)cc1CC(C)C. The fourth-order valence-electron chi connectivity index (χ4n) is 2.07. The zero-order valence-electron chi connectivity index (χ0n) is 11.1. The van der Waals surface area contributed by atoms with Gasteiger partial charge in [-0.2, -0.15) is 0 Å². The second kappa shape index (κ2) is 5.89. The summed E-state index contributed by atoms with van der Waals surface area (Å²) >= 11 is 0. The highest BCUT2D eigenvalue weighted by Gasteiger charge is 2.05. The predicted octanol–water partition coefficient (Wildman–Crippen LogP) is 4.73. The predicted molar refractivity (Wildman–Crippen MR) is 73.6 cm³/mol. The molecule has 1 aromatic carbocycles. The van der Waals surface area contributed by atoms with E-state index in [2.05, 4.69) is 52.5 Å². The average Bonchev–Trinajstić information content (AvgIpc) is 2.16. The van der Waals surface area contributed by atoms with Gasteiger partial charge in [0.2, 0.25) is 0 Å². The molecule has 0 saturated carbocycles. The Labute approximate surface area is 100 Å². The smallest absolute Gasteiger partial charge is 0.0230 e. The molecule has 0 radical (unpaired) electrons. The Balaban J connectivity index is 2.96. The van der Waals surface area contributed by atoms with Crippen LogP contribution in [0.25, 0.3) is 6.08 Å². The van der Waals surface area contributed by atoms with Crippen LogP contribution in [0.5, 0.6) is 0 Å². The van der Waals surface area contributed by atoms with E-state index < -0.39 is 0 Å². The van der Waals surface area contributed by atoms with Crippen LogP contribution in [0.3, 0.4) is 0 Å². The van der Waals surface area contributed by atoms with Gasteiger partial charge in [0.15, 0.2) is 0 Å². The molecular weight excluding hydrogens is 192 g/mol. The second-order valence-corrected chi connectivity index (χ2v) is 5.43. The first-order chi connectivity index (χ1) is 7.52. The summed E-state index contributed by atoms with van der Waals surface area (Å²) in [6.45, 7) is 13.0. The Kier molecular flexibility index (Phi) is 4.79. The van der Waals surface area contributed by atoms with Crippen molar-refractivity contribution in [1.82, 2.24) is 0 Å². The van der Waals surface area contributed by atoms with Gasteiger partial charge >= 0.3 is 0 Å². The molecule has 0 amide bonds. The molecule has 16 heavy (non-hydrogen) atoms. The van der Waals surface area contributed by atoms with E-state index in [9.17, 15) is 0 Å². The zero-order chi connectivity index (χ0) is 12.1. The molecule has 1 aromatic rings. The van der Waals surface area contributed by atoms with Crippen LogP contribution in [0, 0.1) is 11.8 Å². The first-order valence-electron chi connectivity index (χ1n) is 6.27. The highest BCUT2D eigenvalue weighted by Crippen LogP contribution is 2.19. The van der Waals surface area contributed by atoms with Crippen LogP contribution in [-0.2, 0) is 12.8 Å². The highest BCUT2D eigenvalue weighted by atomic mass is 14.1. The van der Waals surface area contributed by atoms with Crippen LogP contribution in [0.1, 0.15) is 44.4 Å². The van der Waals surface area contributed by atoms with Gasteiger partial charge in [-0.1, -0.05) is 58.5 Å². The number of benzene rings is 1. The van der Waals surface area contributed by atoms with Crippen molar-refractivity contribution < 1.29 is 0 Å². The minimum absolute atomic E-state index is 0.702. The van der Waals surface area contributed by atoms with Gasteiger partial charge in [0.05, 0.1) is 0 Å². The fraction of sp³-hybridized carbons (Fsp3) is 0.500. The summed E-state index contributed by atoms with van der Waals surface area (Å²) in [6, 6.07) is 6.81. The lowest BCUT2D eigenvalue weighted by molar-refractivity contribution is 0.635. The quantitative estimate of drug-likeness (QED) is 0.667. The first kappa shape index (κ1) is 13.0. The van der Waals surface area contributed by atoms with Crippen molar-refractivity contribution in [2.24, 2.45) is 11.8 Å². The van der Waals surface area contributed by atoms with Crippen molar-refractivity contribution in [3.05, 3.63) is 41.5 Å². The molecule has 0 aliphatic carbocycles. The van der Waals surface area contributed by atoms with Gasteiger partial charge in [-0.05, 0) is 41.4 Å². The van der Waals surface area contributed by atoms with E-state index in [1.54, 1.807) is 0 Å². The third kappa shape index (κ3) is 3.84. The molecule has 0 nitrogen and oxygen atoms in total. The minimum atomic E-state index is 0.702. The second-order valence-electron chi connectivity index (χ2n) is 5.43. The van der Waals surface area contributed by atoms with Gasteiger partial charge in [-0.25, -0.2) is 0 Å². The monoisotopic (exact) mass is 216 g/mol. The Morgan fingerprint density at radius 2 is 1.69 bits per heavy atom. The first-order valence-corrected chi connectivity index (χ1v) is 6.27. The molecule has 88 valence electrons. The molecule has 0 N–H and O–H groups in total. The summed E-state index contributed by atoms with van der Waals surface area (Å²) in [4.78, 5) is 0. The maximum absolute atomic E-state index is 3.89. The Morgan fingerprint density at radius 1 is 1.06 bits per heavy atom. The van der Waals surface area contributed by atoms with Gasteiger partial charge in [0.25, 0.3) is 0 Å². The maximum atomic E-state index is 3.89. The van der Waals surface area contributed by atoms with Crippen LogP contribution in [0.15, 0.2) is 24.8 Å². The normalized spacial score (nSPS) is 11.1. The molecule has 0 bridgehead atoms. The Morgan fingerprint density at radius 3 is 2.19 bits per heavy atom. The lowest BCUT2D eigenvalue weighted by Gasteiger charge is -2.12. The van der Waals surface area contributed by atoms with Crippen molar-refractivity contribution in [1.29, 1.82) is 0 Å². The Hall–Kier alpha value is -1.04. The summed E-state index contributed by atoms with van der Waals surface area (Å²) in [5, 5.41) is 0. The van der Waals surface area contributed by atoms with Crippen molar-refractivity contribution in [3.63, 3.8) is 0 Å². The summed E-state index contributed by atoms with van der Waals surface area (Å²) in [5.41, 5.74) is 4.20. The van der Waals surface area contributed by atoms with E-state index in [-0.39, 0.29) is 0 Å². The van der Waals surface area contributed by atoms with Gasteiger partial charge in [-0.3, -0.25) is 0 Å². The van der Waals surface area contributed by atoms with Crippen LogP contribution in [-0.4, -0.2) is 0 Å². The molecule has 0 heterocycles. The third-order valence-electron chi connectivity index (χ3n) is 2.70. The van der Waals surface area contributed by atoms with E-state index in [0.717, 1.165) is 12.3 Å². The maximum Gasteiger partial charge on any atom is -0.0230 e. The minimum Gasteiger partial charge on any atom is -0.0985 e. The lowest BCUT2D eigenvalue weighted by Crippen LogP contribution is -2.00. The molecule has 0 fully saturated rings. The van der Waals surface area contributed by atoms with Crippen molar-refractivity contribution in [2.75, 3.05) is 0 Å². The average molecular weight is 216 g/mol. The van der Waals surface area contributed by atoms with Gasteiger partial charge in [0.1, 0.15) is 0 Å². The number of hydrogen-bond acceptors (Lipinski definition) is 0. The molecule has 0 atom stereocenters. The standard InChI is InChI=1S/C16H24/c1-6-15-8-7-14(9-12(2)3)11-16(15)10-13(4)5/h6-8,11-13H,1,9-10H2,2-5H3. The van der Waals surface area contributed by atoms with Crippen LogP contribution >= 0.6 is 0 Å². The molecule has 0 aliphatic heterocycles. The van der Waals surface area contributed by atoms with E-state index >= 15 is 0 Å². The van der Waals surface area contributed by atoms with E-state index in [1.165, 1.54) is 23.1 Å². The molecule has 0 aromatic heterocycles. The van der Waals surface area contributed by atoms with Crippen LogP contribution in [0.2, 0.25) is 0 Å². The molecule has 1 rings (SSSR count).